The predicted octanol–water partition coefficient (Wildman–Crippen LogP) is 2.91. The van der Waals surface area contributed by atoms with Gasteiger partial charge in [-0.25, -0.2) is 0 Å². The Morgan fingerprint density at radius 3 is 2.75 bits per heavy atom. The molecule has 0 bridgehead atoms. The monoisotopic (exact) mass is 242 g/mol. The molecule has 0 saturated carbocycles. The zero-order valence-corrected chi connectivity index (χ0v) is 8.89. The van der Waals surface area contributed by atoms with Crippen LogP contribution in [-0.2, 0) is 7.05 Å². The molecule has 62 valence electrons. The Bertz CT molecular complexity index is 391. The zero-order chi connectivity index (χ0) is 8.55. The fraction of sp³-hybridized carbons (Fsp3) is 0.125. The SMILES string of the molecule is Cn1nccc1-c1ccc(Br)s1. The third-order valence-electron chi connectivity index (χ3n) is 1.65. The second kappa shape index (κ2) is 3.03. The van der Waals surface area contributed by atoms with Crippen LogP contribution in [-0.4, -0.2) is 9.78 Å². The number of nitrogens with zero attached hydrogens (tertiary/aromatic N) is 2. The highest BCUT2D eigenvalue weighted by Gasteiger charge is 2.03. The third kappa shape index (κ3) is 1.32. The summed E-state index contributed by atoms with van der Waals surface area (Å²) in [7, 11) is 1.95. The Morgan fingerprint density at radius 1 is 1.42 bits per heavy atom. The van der Waals surface area contributed by atoms with E-state index in [9.17, 15) is 0 Å². The molecule has 12 heavy (non-hydrogen) atoms. The Morgan fingerprint density at radius 2 is 2.25 bits per heavy atom. The van der Waals surface area contributed by atoms with E-state index in [0.717, 1.165) is 9.48 Å². The molecule has 0 unspecified atom stereocenters. The van der Waals surface area contributed by atoms with Crippen molar-refractivity contribution in [3.05, 3.63) is 28.2 Å². The van der Waals surface area contributed by atoms with Crippen LogP contribution in [0.3, 0.4) is 0 Å². The lowest BCUT2D eigenvalue weighted by atomic mass is 10.3. The molecule has 2 aromatic rings. The maximum Gasteiger partial charge on any atom is 0.0779 e. The van der Waals surface area contributed by atoms with E-state index in [2.05, 4.69) is 27.1 Å². The van der Waals surface area contributed by atoms with E-state index >= 15 is 0 Å². The Balaban J connectivity index is 2.50. The van der Waals surface area contributed by atoms with E-state index in [1.165, 1.54) is 4.88 Å². The van der Waals surface area contributed by atoms with Crippen LogP contribution in [0.1, 0.15) is 0 Å². The summed E-state index contributed by atoms with van der Waals surface area (Å²) in [5.74, 6) is 0. The first-order chi connectivity index (χ1) is 5.77. The summed E-state index contributed by atoms with van der Waals surface area (Å²) in [5, 5.41) is 4.11. The number of hydrogen-bond acceptors (Lipinski definition) is 2. The standard InChI is InChI=1S/C8H7BrN2S/c1-11-6(4-5-10-11)7-2-3-8(9)12-7/h2-5H,1H3. The van der Waals surface area contributed by atoms with Crippen molar-refractivity contribution in [3.63, 3.8) is 0 Å². The van der Waals surface area contributed by atoms with Gasteiger partial charge in [0.25, 0.3) is 0 Å². The second-order valence-electron chi connectivity index (χ2n) is 2.44. The van der Waals surface area contributed by atoms with E-state index in [-0.39, 0.29) is 0 Å². The summed E-state index contributed by atoms with van der Waals surface area (Å²) in [4.78, 5) is 1.24. The van der Waals surface area contributed by atoms with Gasteiger partial charge in [0.05, 0.1) is 14.4 Å². The molecule has 2 heterocycles. The maximum atomic E-state index is 4.11. The molecule has 0 aromatic carbocycles. The van der Waals surface area contributed by atoms with Crippen LogP contribution in [0.25, 0.3) is 10.6 Å². The Kier molecular flexibility index (Phi) is 2.02. The van der Waals surface area contributed by atoms with Crippen molar-refractivity contribution in [1.29, 1.82) is 0 Å². The van der Waals surface area contributed by atoms with Gasteiger partial charge >= 0.3 is 0 Å². The van der Waals surface area contributed by atoms with Crippen LogP contribution in [0.4, 0.5) is 0 Å². The fourth-order valence-electron chi connectivity index (χ4n) is 1.07. The van der Waals surface area contributed by atoms with Gasteiger partial charge in [-0.15, -0.1) is 11.3 Å². The van der Waals surface area contributed by atoms with Gasteiger partial charge in [0.15, 0.2) is 0 Å². The van der Waals surface area contributed by atoms with Gasteiger partial charge in [0.2, 0.25) is 0 Å². The molecule has 0 N–H and O–H groups in total. The summed E-state index contributed by atoms with van der Waals surface area (Å²) in [6.45, 7) is 0. The van der Waals surface area contributed by atoms with Gasteiger partial charge in [0.1, 0.15) is 0 Å². The summed E-state index contributed by atoms with van der Waals surface area (Å²) in [6.07, 6.45) is 1.81. The van der Waals surface area contributed by atoms with Crippen LogP contribution in [0.15, 0.2) is 28.2 Å². The quantitative estimate of drug-likeness (QED) is 0.752. The van der Waals surface area contributed by atoms with Crippen molar-refractivity contribution in [3.8, 4) is 10.6 Å². The first-order valence-electron chi connectivity index (χ1n) is 3.51. The number of halogens is 1. The first kappa shape index (κ1) is 8.01. The van der Waals surface area contributed by atoms with Gasteiger partial charge in [0, 0.05) is 13.2 Å². The van der Waals surface area contributed by atoms with Crippen LogP contribution >= 0.6 is 27.3 Å². The minimum absolute atomic E-state index is 1.15. The van der Waals surface area contributed by atoms with Crippen molar-refractivity contribution >= 4 is 27.3 Å². The highest BCUT2D eigenvalue weighted by Crippen LogP contribution is 2.30. The van der Waals surface area contributed by atoms with Crippen LogP contribution in [0, 0.1) is 0 Å². The van der Waals surface area contributed by atoms with Crippen LogP contribution in [0.5, 0.6) is 0 Å². The molecule has 2 nitrogen and oxygen atoms in total. The lowest BCUT2D eigenvalue weighted by Crippen LogP contribution is -1.90. The molecule has 2 aromatic heterocycles. The molecule has 2 rings (SSSR count). The summed E-state index contributed by atoms with van der Waals surface area (Å²) >= 11 is 5.15. The number of thiophene rings is 1. The zero-order valence-electron chi connectivity index (χ0n) is 6.49. The predicted molar refractivity (Wildman–Crippen MR) is 54.2 cm³/mol. The molecule has 0 amide bonds. The Hall–Kier alpha value is -0.610. The number of aromatic nitrogens is 2. The van der Waals surface area contributed by atoms with E-state index in [1.54, 1.807) is 11.3 Å². The fourth-order valence-corrected chi connectivity index (χ4v) is 2.51. The number of hydrogen-bond donors (Lipinski definition) is 0. The van der Waals surface area contributed by atoms with Crippen molar-refractivity contribution in [1.82, 2.24) is 9.78 Å². The van der Waals surface area contributed by atoms with E-state index in [0.29, 0.717) is 0 Å². The van der Waals surface area contributed by atoms with Gasteiger partial charge in [-0.3, -0.25) is 4.68 Å². The smallest absolute Gasteiger partial charge is 0.0779 e. The highest BCUT2D eigenvalue weighted by molar-refractivity contribution is 9.11. The maximum absolute atomic E-state index is 4.11. The topological polar surface area (TPSA) is 17.8 Å². The second-order valence-corrected chi connectivity index (χ2v) is 4.91. The molecule has 0 aliphatic carbocycles. The van der Waals surface area contributed by atoms with Crippen LogP contribution in [0.2, 0.25) is 0 Å². The van der Waals surface area contributed by atoms with E-state index in [1.807, 2.05) is 30.1 Å². The normalized spacial score (nSPS) is 10.5. The molecule has 0 aliphatic rings. The Labute approximate surface area is 83.0 Å². The van der Waals surface area contributed by atoms with Gasteiger partial charge < -0.3 is 0 Å². The minimum atomic E-state index is 1.15. The van der Waals surface area contributed by atoms with Gasteiger partial charge in [-0.1, -0.05) is 0 Å². The molecular weight excluding hydrogens is 236 g/mol. The summed E-state index contributed by atoms with van der Waals surface area (Å²) < 4.78 is 3.02. The molecule has 0 saturated heterocycles. The van der Waals surface area contributed by atoms with Crippen molar-refractivity contribution in [2.45, 2.75) is 0 Å². The van der Waals surface area contributed by atoms with Crippen molar-refractivity contribution < 1.29 is 0 Å². The highest BCUT2D eigenvalue weighted by atomic mass is 79.9. The number of rotatable bonds is 1. The average Bonchev–Trinajstić information content (AvgIpc) is 2.58. The number of aryl methyl sites for hydroxylation is 1. The molecule has 0 fully saturated rings. The van der Waals surface area contributed by atoms with Crippen molar-refractivity contribution in [2.24, 2.45) is 7.05 Å². The van der Waals surface area contributed by atoms with Gasteiger partial charge in [-0.05, 0) is 34.1 Å². The van der Waals surface area contributed by atoms with E-state index in [4.69, 9.17) is 0 Å². The molecule has 0 aliphatic heterocycles. The minimum Gasteiger partial charge on any atom is -0.267 e. The summed E-state index contributed by atoms with van der Waals surface area (Å²) in [6, 6.07) is 6.15. The first-order valence-corrected chi connectivity index (χ1v) is 5.12. The van der Waals surface area contributed by atoms with Crippen LogP contribution < -0.4 is 0 Å². The lowest BCUT2D eigenvalue weighted by molar-refractivity contribution is 0.777. The average molecular weight is 243 g/mol. The van der Waals surface area contributed by atoms with Gasteiger partial charge in [-0.2, -0.15) is 5.10 Å². The third-order valence-corrected chi connectivity index (χ3v) is 3.29. The molecule has 0 spiro atoms. The molecule has 4 heteroatoms. The molecule has 0 atom stereocenters. The van der Waals surface area contributed by atoms with E-state index < -0.39 is 0 Å². The largest absolute Gasteiger partial charge is 0.267 e. The molecule has 0 radical (unpaired) electrons. The van der Waals surface area contributed by atoms with Crippen molar-refractivity contribution in [2.75, 3.05) is 0 Å². The molecular formula is C8H7BrN2S. The summed E-state index contributed by atoms with van der Waals surface area (Å²) in [5.41, 5.74) is 1.16. The lowest BCUT2D eigenvalue weighted by Gasteiger charge is -1.95.